The summed E-state index contributed by atoms with van der Waals surface area (Å²) >= 11 is 0. The number of rotatable bonds is 8. The quantitative estimate of drug-likeness (QED) is 0.402. The average molecular weight is 453 g/mol. The number of aryl methyl sites for hydroxylation is 1. The molecule has 0 aliphatic carbocycles. The Bertz CT molecular complexity index is 1340. The fraction of sp³-hybridized carbons (Fsp3) is 0.148. The molecule has 0 spiro atoms. The molecule has 0 aliphatic heterocycles. The van der Waals surface area contributed by atoms with Gasteiger partial charge in [0.05, 0.1) is 19.6 Å². The molecular formula is C27H24N4O3. The van der Waals surface area contributed by atoms with E-state index in [1.807, 2.05) is 73.7 Å². The summed E-state index contributed by atoms with van der Waals surface area (Å²) in [4.78, 5) is 12.9. The highest BCUT2D eigenvalue weighted by Gasteiger charge is 2.14. The zero-order chi connectivity index (χ0) is 23.9. The van der Waals surface area contributed by atoms with Crippen LogP contribution in [0.4, 0.5) is 5.69 Å². The van der Waals surface area contributed by atoms with Gasteiger partial charge in [-0.05, 0) is 54.4 Å². The summed E-state index contributed by atoms with van der Waals surface area (Å²) in [7, 11) is 1.60. The summed E-state index contributed by atoms with van der Waals surface area (Å²) in [6.07, 6.45) is 2.10. The Morgan fingerprint density at radius 2 is 1.88 bits per heavy atom. The molecule has 0 aliphatic rings. The van der Waals surface area contributed by atoms with Crippen LogP contribution in [0.15, 0.2) is 79.0 Å². The van der Waals surface area contributed by atoms with Crippen LogP contribution in [-0.4, -0.2) is 22.8 Å². The number of hydrogen-bond acceptors (Lipinski definition) is 5. The Hall–Kier alpha value is -4.57. The lowest BCUT2D eigenvalue weighted by atomic mass is 10.1. The molecule has 0 saturated heterocycles. The molecule has 0 radical (unpaired) electrons. The molecule has 7 heteroatoms. The van der Waals surface area contributed by atoms with Crippen LogP contribution < -0.4 is 14.8 Å². The van der Waals surface area contributed by atoms with Crippen molar-refractivity contribution in [1.82, 2.24) is 9.78 Å². The molecule has 3 aromatic carbocycles. The van der Waals surface area contributed by atoms with Gasteiger partial charge in [0, 0.05) is 17.4 Å². The standard InChI is InChI=1S/C27H24N4O3/c1-19-7-12-26(33-2)25(17-19)31-16-14-24(30-31)27(32)29-23-6-4-3-5-21(23)18-34-22-10-8-20(9-11-22)13-15-28/h3-12,14,16-17H,13,18H2,1-2H3,(H,29,32). The van der Waals surface area contributed by atoms with E-state index in [1.165, 1.54) is 0 Å². The van der Waals surface area contributed by atoms with Crippen LogP contribution in [-0.2, 0) is 13.0 Å². The smallest absolute Gasteiger partial charge is 0.276 e. The van der Waals surface area contributed by atoms with Gasteiger partial charge in [-0.2, -0.15) is 10.4 Å². The number of methoxy groups -OCH3 is 1. The van der Waals surface area contributed by atoms with Crippen molar-refractivity contribution >= 4 is 11.6 Å². The van der Waals surface area contributed by atoms with Gasteiger partial charge in [0.1, 0.15) is 23.8 Å². The van der Waals surface area contributed by atoms with Crippen LogP contribution in [0.25, 0.3) is 5.69 Å². The largest absolute Gasteiger partial charge is 0.494 e. The Labute approximate surface area is 198 Å². The van der Waals surface area contributed by atoms with Crippen LogP contribution in [0.3, 0.4) is 0 Å². The lowest BCUT2D eigenvalue weighted by Gasteiger charge is -2.12. The summed E-state index contributed by atoms with van der Waals surface area (Å²) in [5.41, 5.74) is 4.52. The molecule has 34 heavy (non-hydrogen) atoms. The number of ether oxygens (including phenoxy) is 2. The summed E-state index contributed by atoms with van der Waals surface area (Å²) in [6.45, 7) is 2.27. The van der Waals surface area contributed by atoms with Gasteiger partial charge in [-0.25, -0.2) is 4.68 Å². The van der Waals surface area contributed by atoms with Gasteiger partial charge in [0.15, 0.2) is 5.69 Å². The van der Waals surface area contributed by atoms with Crippen molar-refractivity contribution in [2.45, 2.75) is 20.0 Å². The highest BCUT2D eigenvalue weighted by molar-refractivity contribution is 6.03. The van der Waals surface area contributed by atoms with Gasteiger partial charge >= 0.3 is 0 Å². The van der Waals surface area contributed by atoms with Crippen LogP contribution in [0.1, 0.15) is 27.2 Å². The van der Waals surface area contributed by atoms with Gasteiger partial charge in [-0.15, -0.1) is 0 Å². The summed E-state index contributed by atoms with van der Waals surface area (Å²) < 4.78 is 12.9. The maximum absolute atomic E-state index is 12.9. The van der Waals surface area contributed by atoms with Crippen molar-refractivity contribution in [3.05, 3.63) is 101 Å². The number of amides is 1. The predicted molar refractivity (Wildman–Crippen MR) is 129 cm³/mol. The summed E-state index contributed by atoms with van der Waals surface area (Å²) in [5.74, 6) is 1.04. The Balaban J connectivity index is 1.46. The first-order valence-corrected chi connectivity index (χ1v) is 10.8. The number of nitriles is 1. The fourth-order valence-corrected chi connectivity index (χ4v) is 3.47. The van der Waals surface area contributed by atoms with Crippen LogP contribution in [0.5, 0.6) is 11.5 Å². The monoisotopic (exact) mass is 452 g/mol. The Morgan fingerprint density at radius 3 is 2.65 bits per heavy atom. The lowest BCUT2D eigenvalue weighted by molar-refractivity contribution is 0.102. The predicted octanol–water partition coefficient (Wildman–Crippen LogP) is 5.09. The minimum absolute atomic E-state index is 0.281. The van der Waals surface area contributed by atoms with E-state index in [-0.39, 0.29) is 18.2 Å². The van der Waals surface area contributed by atoms with Crippen molar-refractivity contribution in [2.24, 2.45) is 0 Å². The van der Waals surface area contributed by atoms with Crippen LogP contribution in [0.2, 0.25) is 0 Å². The Morgan fingerprint density at radius 1 is 1.09 bits per heavy atom. The molecule has 1 aromatic heterocycles. The topological polar surface area (TPSA) is 89.2 Å². The summed E-state index contributed by atoms with van der Waals surface area (Å²) in [6, 6.07) is 24.4. The van der Waals surface area contributed by atoms with Crippen LogP contribution in [0, 0.1) is 18.3 Å². The van der Waals surface area contributed by atoms with E-state index in [0.29, 0.717) is 23.6 Å². The third-order valence-corrected chi connectivity index (χ3v) is 5.27. The van der Waals surface area contributed by atoms with Crippen molar-refractivity contribution in [1.29, 1.82) is 5.26 Å². The van der Waals surface area contributed by atoms with Gasteiger partial charge in [-0.1, -0.05) is 36.4 Å². The SMILES string of the molecule is COc1ccc(C)cc1-n1ccc(C(=O)Nc2ccccc2COc2ccc(CC#N)cc2)n1. The van der Waals surface area contributed by atoms with Crippen molar-refractivity contribution in [3.8, 4) is 23.3 Å². The lowest BCUT2D eigenvalue weighted by Crippen LogP contribution is -2.15. The molecule has 0 saturated carbocycles. The average Bonchev–Trinajstić information content (AvgIpc) is 3.35. The fourth-order valence-electron chi connectivity index (χ4n) is 3.47. The molecular weight excluding hydrogens is 428 g/mol. The second kappa shape index (κ2) is 10.4. The highest BCUT2D eigenvalue weighted by Crippen LogP contribution is 2.24. The number of hydrogen-bond donors (Lipinski definition) is 1. The third-order valence-electron chi connectivity index (χ3n) is 5.27. The molecule has 7 nitrogen and oxygen atoms in total. The highest BCUT2D eigenvalue weighted by atomic mass is 16.5. The van der Waals surface area contributed by atoms with Gasteiger partial charge < -0.3 is 14.8 Å². The number of benzene rings is 3. The molecule has 170 valence electrons. The Kier molecular flexibility index (Phi) is 6.89. The number of para-hydroxylation sites is 1. The first-order valence-electron chi connectivity index (χ1n) is 10.8. The normalized spacial score (nSPS) is 10.4. The third kappa shape index (κ3) is 5.25. The number of anilines is 1. The maximum Gasteiger partial charge on any atom is 0.276 e. The van der Waals surface area contributed by atoms with Crippen molar-refractivity contribution in [3.63, 3.8) is 0 Å². The van der Waals surface area contributed by atoms with Crippen LogP contribution >= 0.6 is 0 Å². The van der Waals surface area contributed by atoms with Gasteiger partial charge in [-0.3, -0.25) is 4.79 Å². The number of carbonyl (C=O) groups is 1. The molecule has 0 bridgehead atoms. The second-order valence-electron chi connectivity index (χ2n) is 7.70. The zero-order valence-corrected chi connectivity index (χ0v) is 19.0. The first kappa shape index (κ1) is 22.6. The van der Waals surface area contributed by atoms with E-state index in [9.17, 15) is 4.79 Å². The molecule has 0 unspecified atom stereocenters. The van der Waals surface area contributed by atoms with E-state index in [4.69, 9.17) is 14.7 Å². The van der Waals surface area contributed by atoms with Crippen molar-refractivity contribution < 1.29 is 14.3 Å². The minimum atomic E-state index is -0.321. The van der Waals surface area contributed by atoms with E-state index >= 15 is 0 Å². The number of nitrogens with zero attached hydrogens (tertiary/aromatic N) is 3. The molecule has 0 atom stereocenters. The maximum atomic E-state index is 12.9. The van der Waals surface area contributed by atoms with Crippen molar-refractivity contribution in [2.75, 3.05) is 12.4 Å². The van der Waals surface area contributed by atoms with E-state index in [2.05, 4.69) is 16.5 Å². The van der Waals surface area contributed by atoms with Gasteiger partial charge in [0.25, 0.3) is 5.91 Å². The molecule has 1 amide bonds. The molecule has 1 N–H and O–H groups in total. The van der Waals surface area contributed by atoms with E-state index in [1.54, 1.807) is 24.1 Å². The second-order valence-corrected chi connectivity index (χ2v) is 7.70. The zero-order valence-electron chi connectivity index (χ0n) is 19.0. The summed E-state index contributed by atoms with van der Waals surface area (Å²) in [5, 5.41) is 16.2. The first-order chi connectivity index (χ1) is 16.6. The molecule has 0 fully saturated rings. The minimum Gasteiger partial charge on any atom is -0.494 e. The number of nitrogens with one attached hydrogen (secondary N) is 1. The van der Waals surface area contributed by atoms with Gasteiger partial charge in [0.2, 0.25) is 0 Å². The van der Waals surface area contributed by atoms with E-state index in [0.717, 1.165) is 22.4 Å². The number of aromatic nitrogens is 2. The number of carbonyl (C=O) groups excluding carboxylic acids is 1. The molecule has 1 heterocycles. The van der Waals surface area contributed by atoms with E-state index < -0.39 is 0 Å². The molecule has 4 aromatic rings. The molecule has 4 rings (SSSR count).